The number of benzene rings is 1. The Kier molecular flexibility index (Phi) is 10.3. The predicted octanol–water partition coefficient (Wildman–Crippen LogP) is -1.87. The smallest absolute Gasteiger partial charge is 0.327 e. The van der Waals surface area contributed by atoms with Crippen LogP contribution in [0.15, 0.2) is 24.3 Å². The molecular weight excluding hydrogens is 428 g/mol. The van der Waals surface area contributed by atoms with Gasteiger partial charge in [-0.25, -0.2) is 4.79 Å². The van der Waals surface area contributed by atoms with Gasteiger partial charge in [-0.1, -0.05) is 12.1 Å². The molecule has 0 radical (unpaired) electrons. The lowest BCUT2D eigenvalue weighted by Crippen LogP contribution is -2.60. The minimum absolute atomic E-state index is 0.00240. The van der Waals surface area contributed by atoms with Crippen molar-refractivity contribution in [1.82, 2.24) is 16.0 Å². The maximum absolute atomic E-state index is 12.7. The van der Waals surface area contributed by atoms with Gasteiger partial charge in [-0.15, -0.1) is 0 Å². The summed E-state index contributed by atoms with van der Waals surface area (Å²) in [5.41, 5.74) is 6.03. The van der Waals surface area contributed by atoms with Crippen LogP contribution in [0.1, 0.15) is 19.4 Å². The fraction of sp³-hybridized carbons (Fsp3) is 0.474. The SMILES string of the molecule is CC(N)C(=O)NC(C(=O)NC(Cc1ccc(O)cc1)C(=O)NC(CS)C(=O)O)C(C)O. The van der Waals surface area contributed by atoms with Gasteiger partial charge in [0.1, 0.15) is 23.9 Å². The first-order valence-electron chi connectivity index (χ1n) is 9.42. The van der Waals surface area contributed by atoms with Crippen LogP contribution in [0.25, 0.3) is 0 Å². The molecule has 0 spiro atoms. The molecule has 0 bridgehead atoms. The van der Waals surface area contributed by atoms with E-state index in [2.05, 4.69) is 28.6 Å². The van der Waals surface area contributed by atoms with Crippen molar-refractivity contribution in [3.63, 3.8) is 0 Å². The zero-order valence-electron chi connectivity index (χ0n) is 17.1. The molecule has 0 heterocycles. The van der Waals surface area contributed by atoms with Crippen molar-refractivity contribution in [1.29, 1.82) is 0 Å². The van der Waals surface area contributed by atoms with Crippen molar-refractivity contribution >= 4 is 36.3 Å². The molecule has 0 saturated heterocycles. The monoisotopic (exact) mass is 456 g/mol. The van der Waals surface area contributed by atoms with Crippen LogP contribution >= 0.6 is 12.6 Å². The van der Waals surface area contributed by atoms with Gasteiger partial charge in [0.15, 0.2) is 0 Å². The van der Waals surface area contributed by atoms with Gasteiger partial charge in [-0.3, -0.25) is 14.4 Å². The molecule has 0 aliphatic rings. The van der Waals surface area contributed by atoms with Gasteiger partial charge in [0.05, 0.1) is 12.1 Å². The highest BCUT2D eigenvalue weighted by Crippen LogP contribution is 2.12. The van der Waals surface area contributed by atoms with Crippen molar-refractivity contribution in [2.75, 3.05) is 5.75 Å². The fourth-order valence-electron chi connectivity index (χ4n) is 2.49. The third-order valence-electron chi connectivity index (χ3n) is 4.28. The minimum Gasteiger partial charge on any atom is -0.508 e. The van der Waals surface area contributed by atoms with Gasteiger partial charge >= 0.3 is 5.97 Å². The number of carboxylic acid groups (broad SMARTS) is 1. The lowest BCUT2D eigenvalue weighted by Gasteiger charge is -2.26. The zero-order chi connectivity index (χ0) is 23.7. The number of hydrogen-bond donors (Lipinski definition) is 8. The fourth-order valence-corrected chi connectivity index (χ4v) is 2.73. The van der Waals surface area contributed by atoms with Crippen LogP contribution in [0.5, 0.6) is 5.75 Å². The van der Waals surface area contributed by atoms with Crippen molar-refractivity contribution in [3.05, 3.63) is 29.8 Å². The summed E-state index contributed by atoms with van der Waals surface area (Å²) in [6.07, 6.45) is -1.35. The molecule has 0 fully saturated rings. The average Bonchev–Trinajstić information content (AvgIpc) is 2.69. The Hall–Kier alpha value is -2.83. The zero-order valence-corrected chi connectivity index (χ0v) is 18.0. The molecule has 8 N–H and O–H groups in total. The van der Waals surface area contributed by atoms with E-state index in [4.69, 9.17) is 10.8 Å². The summed E-state index contributed by atoms with van der Waals surface area (Å²) < 4.78 is 0. The van der Waals surface area contributed by atoms with Gasteiger partial charge in [0.2, 0.25) is 17.7 Å². The molecule has 1 rings (SSSR count). The Morgan fingerprint density at radius 1 is 0.968 bits per heavy atom. The van der Waals surface area contributed by atoms with Crippen molar-refractivity contribution < 1.29 is 34.5 Å². The number of amides is 3. The molecule has 3 amide bonds. The van der Waals surface area contributed by atoms with Crippen LogP contribution in [0.4, 0.5) is 0 Å². The van der Waals surface area contributed by atoms with Crippen LogP contribution < -0.4 is 21.7 Å². The highest BCUT2D eigenvalue weighted by Gasteiger charge is 2.31. The second-order valence-electron chi connectivity index (χ2n) is 7.03. The number of aliphatic carboxylic acids is 1. The van der Waals surface area contributed by atoms with Gasteiger partial charge < -0.3 is 37.0 Å². The number of carboxylic acids is 1. The number of rotatable bonds is 11. The number of nitrogens with one attached hydrogen (secondary N) is 3. The second-order valence-corrected chi connectivity index (χ2v) is 7.39. The lowest BCUT2D eigenvalue weighted by atomic mass is 10.0. The standard InChI is InChI=1S/C19H28N4O7S/c1-9(20)16(26)23-15(10(2)24)18(28)21-13(7-11-3-5-12(25)6-4-11)17(27)22-14(8-31)19(29)30/h3-6,9-10,13-15,24-25,31H,7-8,20H2,1-2H3,(H,21,28)(H,22,27)(H,23,26)(H,29,30). The maximum Gasteiger partial charge on any atom is 0.327 e. The number of aliphatic hydroxyl groups is 1. The van der Waals surface area contributed by atoms with E-state index in [1.807, 2.05) is 0 Å². The summed E-state index contributed by atoms with van der Waals surface area (Å²) in [5, 5.41) is 35.5. The first-order chi connectivity index (χ1) is 14.5. The number of aliphatic hydroxyl groups excluding tert-OH is 1. The normalized spacial score (nSPS) is 15.6. The van der Waals surface area contributed by atoms with Gasteiger partial charge in [-0.2, -0.15) is 12.6 Å². The van der Waals surface area contributed by atoms with E-state index in [9.17, 15) is 29.4 Å². The van der Waals surface area contributed by atoms with Crippen molar-refractivity contribution in [2.45, 2.75) is 50.5 Å². The Labute approximate surface area is 184 Å². The molecule has 31 heavy (non-hydrogen) atoms. The van der Waals surface area contributed by atoms with E-state index in [0.717, 1.165) is 0 Å². The molecule has 0 aromatic heterocycles. The number of nitrogens with two attached hydrogens (primary N) is 1. The first kappa shape index (κ1) is 26.2. The quantitative estimate of drug-likeness (QED) is 0.178. The Balaban J connectivity index is 3.08. The van der Waals surface area contributed by atoms with Crippen LogP contribution in [-0.2, 0) is 25.6 Å². The number of aromatic hydroxyl groups is 1. The molecule has 0 aliphatic carbocycles. The average molecular weight is 457 g/mol. The molecule has 5 atom stereocenters. The Bertz CT molecular complexity index is 786. The largest absolute Gasteiger partial charge is 0.508 e. The number of hydrogen-bond acceptors (Lipinski definition) is 8. The molecular formula is C19H28N4O7S. The van der Waals surface area contributed by atoms with E-state index in [1.165, 1.54) is 38.1 Å². The molecule has 0 aliphatic heterocycles. The molecule has 1 aromatic carbocycles. The number of carbonyl (C=O) groups excluding carboxylic acids is 3. The van der Waals surface area contributed by atoms with Crippen LogP contribution in [0.2, 0.25) is 0 Å². The van der Waals surface area contributed by atoms with E-state index in [1.54, 1.807) is 0 Å². The topological polar surface area (TPSA) is 191 Å². The predicted molar refractivity (Wildman–Crippen MR) is 114 cm³/mol. The summed E-state index contributed by atoms with van der Waals surface area (Å²) in [6.45, 7) is 2.68. The van der Waals surface area contributed by atoms with Gasteiger partial charge in [0.25, 0.3) is 0 Å². The third-order valence-corrected chi connectivity index (χ3v) is 4.65. The lowest BCUT2D eigenvalue weighted by molar-refractivity contribution is -0.141. The number of thiol groups is 1. The molecule has 172 valence electrons. The van der Waals surface area contributed by atoms with E-state index in [0.29, 0.717) is 5.56 Å². The summed E-state index contributed by atoms with van der Waals surface area (Å²) in [6, 6.07) is 0.971. The number of phenolic OH excluding ortho intramolecular Hbond substituents is 1. The summed E-state index contributed by atoms with van der Waals surface area (Å²) >= 11 is 3.89. The van der Waals surface area contributed by atoms with Crippen LogP contribution in [0.3, 0.4) is 0 Å². The van der Waals surface area contributed by atoms with Gasteiger partial charge in [-0.05, 0) is 31.5 Å². The summed E-state index contributed by atoms with van der Waals surface area (Å²) in [7, 11) is 0. The number of carbonyl (C=O) groups is 4. The Morgan fingerprint density at radius 2 is 1.52 bits per heavy atom. The van der Waals surface area contributed by atoms with E-state index >= 15 is 0 Å². The number of phenols is 1. The highest BCUT2D eigenvalue weighted by atomic mass is 32.1. The second kappa shape index (κ2) is 12.1. The molecule has 0 saturated carbocycles. The van der Waals surface area contributed by atoms with E-state index < -0.39 is 54.0 Å². The minimum atomic E-state index is -1.39. The molecule has 1 aromatic rings. The highest BCUT2D eigenvalue weighted by molar-refractivity contribution is 7.80. The van der Waals surface area contributed by atoms with E-state index in [-0.39, 0.29) is 17.9 Å². The van der Waals surface area contributed by atoms with Crippen molar-refractivity contribution in [3.8, 4) is 5.75 Å². The summed E-state index contributed by atoms with van der Waals surface area (Å²) in [4.78, 5) is 48.5. The Morgan fingerprint density at radius 3 is 1.97 bits per heavy atom. The maximum atomic E-state index is 12.7. The molecule has 11 nitrogen and oxygen atoms in total. The summed E-state index contributed by atoms with van der Waals surface area (Å²) in [5.74, 6) is -3.82. The van der Waals surface area contributed by atoms with Crippen molar-refractivity contribution in [2.24, 2.45) is 5.73 Å². The van der Waals surface area contributed by atoms with Crippen LogP contribution in [-0.4, -0.2) is 75.0 Å². The molecule has 12 heteroatoms. The van der Waals surface area contributed by atoms with Crippen LogP contribution in [0, 0.1) is 0 Å². The van der Waals surface area contributed by atoms with Gasteiger partial charge in [0, 0.05) is 12.2 Å². The first-order valence-corrected chi connectivity index (χ1v) is 10.1. The third kappa shape index (κ3) is 8.44. The molecule has 5 unspecified atom stereocenters.